The van der Waals surface area contributed by atoms with E-state index in [9.17, 15) is 4.39 Å². The van der Waals surface area contributed by atoms with Crippen molar-refractivity contribution in [1.82, 2.24) is 5.32 Å². The molecule has 94 valence electrons. The molecule has 0 unspecified atom stereocenters. The molecule has 0 spiro atoms. The summed E-state index contributed by atoms with van der Waals surface area (Å²) in [6.07, 6.45) is 2.67. The molecule has 1 aromatic rings. The zero-order valence-corrected chi connectivity index (χ0v) is 11.2. The number of hydrogen-bond donors (Lipinski definition) is 1. The monoisotopic (exact) mass is 253 g/mol. The molecule has 0 bridgehead atoms. The Kier molecular flexibility index (Phi) is 4.86. The first-order valence-corrected chi connectivity index (χ1v) is 7.44. The number of halogens is 1. The van der Waals surface area contributed by atoms with Crippen molar-refractivity contribution in [1.29, 1.82) is 0 Å². The molecule has 0 aromatic heterocycles. The van der Waals surface area contributed by atoms with Crippen LogP contribution in [0, 0.1) is 18.7 Å². The zero-order valence-electron chi connectivity index (χ0n) is 10.3. The molecule has 0 atom stereocenters. The van der Waals surface area contributed by atoms with Gasteiger partial charge in [-0.15, -0.1) is 0 Å². The molecule has 2 rings (SSSR count). The fourth-order valence-corrected chi connectivity index (χ4v) is 3.42. The van der Waals surface area contributed by atoms with E-state index in [1.165, 1.54) is 29.9 Å². The molecule has 1 aliphatic rings. The molecular formula is C14H20FNS. The third-order valence-electron chi connectivity index (χ3n) is 3.39. The van der Waals surface area contributed by atoms with Crippen molar-refractivity contribution in [2.75, 3.05) is 18.1 Å². The fourth-order valence-electron chi connectivity index (χ4n) is 2.22. The molecule has 1 aliphatic heterocycles. The number of rotatable bonds is 4. The van der Waals surface area contributed by atoms with Crippen molar-refractivity contribution in [3.8, 4) is 0 Å². The highest BCUT2D eigenvalue weighted by Crippen LogP contribution is 2.22. The van der Waals surface area contributed by atoms with Gasteiger partial charge in [-0.05, 0) is 67.0 Å². The summed E-state index contributed by atoms with van der Waals surface area (Å²) in [6.45, 7) is 3.92. The van der Waals surface area contributed by atoms with Gasteiger partial charge in [0.2, 0.25) is 0 Å². The summed E-state index contributed by atoms with van der Waals surface area (Å²) < 4.78 is 12.9. The van der Waals surface area contributed by atoms with Crippen LogP contribution in [0.5, 0.6) is 0 Å². The van der Waals surface area contributed by atoms with Crippen LogP contribution in [0.3, 0.4) is 0 Å². The van der Waals surface area contributed by atoms with Gasteiger partial charge in [0.25, 0.3) is 0 Å². The molecule has 0 aliphatic carbocycles. The van der Waals surface area contributed by atoms with E-state index < -0.39 is 0 Å². The quantitative estimate of drug-likeness (QED) is 0.883. The highest BCUT2D eigenvalue weighted by molar-refractivity contribution is 7.99. The van der Waals surface area contributed by atoms with Gasteiger partial charge in [0.15, 0.2) is 0 Å². The summed E-state index contributed by atoms with van der Waals surface area (Å²) in [6, 6.07) is 5.03. The molecule has 1 heterocycles. The minimum atomic E-state index is -0.143. The van der Waals surface area contributed by atoms with Gasteiger partial charge in [-0.1, -0.05) is 6.07 Å². The zero-order chi connectivity index (χ0) is 12.1. The predicted octanol–water partition coefficient (Wildman–Crippen LogP) is 3.37. The minimum Gasteiger partial charge on any atom is -0.312 e. The Morgan fingerprint density at radius 1 is 1.35 bits per heavy atom. The van der Waals surface area contributed by atoms with Crippen LogP contribution >= 0.6 is 11.8 Å². The molecular weight excluding hydrogens is 233 g/mol. The average molecular weight is 253 g/mol. The lowest BCUT2D eigenvalue weighted by atomic mass is 10.0. The van der Waals surface area contributed by atoms with Gasteiger partial charge in [-0.3, -0.25) is 0 Å². The van der Waals surface area contributed by atoms with Gasteiger partial charge in [-0.25, -0.2) is 4.39 Å². The van der Waals surface area contributed by atoms with E-state index in [4.69, 9.17) is 0 Å². The van der Waals surface area contributed by atoms with E-state index in [1.54, 1.807) is 12.1 Å². The topological polar surface area (TPSA) is 12.0 Å². The number of thioether (sulfide) groups is 1. The highest BCUT2D eigenvalue weighted by Gasteiger charge is 2.12. The summed E-state index contributed by atoms with van der Waals surface area (Å²) in [5, 5.41) is 3.50. The number of hydrogen-bond acceptors (Lipinski definition) is 2. The minimum absolute atomic E-state index is 0.143. The number of benzene rings is 1. The van der Waals surface area contributed by atoms with E-state index in [1.807, 2.05) is 13.0 Å². The van der Waals surface area contributed by atoms with Crippen LogP contribution in [0.1, 0.15) is 24.0 Å². The van der Waals surface area contributed by atoms with Crippen LogP contribution in [-0.2, 0) is 6.54 Å². The lowest BCUT2D eigenvalue weighted by molar-refractivity contribution is 0.447. The maximum absolute atomic E-state index is 12.9. The SMILES string of the molecule is Cc1cc(F)ccc1CNCC1CCSCC1. The van der Waals surface area contributed by atoms with Crippen molar-refractivity contribution < 1.29 is 4.39 Å². The third-order valence-corrected chi connectivity index (χ3v) is 4.44. The van der Waals surface area contributed by atoms with Crippen LogP contribution in [0.15, 0.2) is 18.2 Å². The summed E-state index contributed by atoms with van der Waals surface area (Å²) in [5.74, 6) is 3.30. The lowest BCUT2D eigenvalue weighted by Gasteiger charge is -2.21. The smallest absolute Gasteiger partial charge is 0.123 e. The van der Waals surface area contributed by atoms with Crippen molar-refractivity contribution in [2.24, 2.45) is 5.92 Å². The average Bonchev–Trinajstić information content (AvgIpc) is 2.33. The van der Waals surface area contributed by atoms with E-state index in [2.05, 4.69) is 17.1 Å². The van der Waals surface area contributed by atoms with Crippen LogP contribution in [0.2, 0.25) is 0 Å². The second kappa shape index (κ2) is 6.41. The summed E-state index contributed by atoms with van der Waals surface area (Å²) in [7, 11) is 0. The van der Waals surface area contributed by atoms with Crippen LogP contribution in [-0.4, -0.2) is 18.1 Å². The van der Waals surface area contributed by atoms with Gasteiger partial charge < -0.3 is 5.32 Å². The summed E-state index contributed by atoms with van der Waals surface area (Å²) in [4.78, 5) is 0. The molecule has 1 nitrogen and oxygen atoms in total. The first-order chi connectivity index (χ1) is 8.25. The first-order valence-electron chi connectivity index (χ1n) is 6.29. The first kappa shape index (κ1) is 12.9. The third kappa shape index (κ3) is 4.00. The van der Waals surface area contributed by atoms with E-state index >= 15 is 0 Å². The number of nitrogens with one attached hydrogen (secondary N) is 1. The molecule has 17 heavy (non-hydrogen) atoms. The summed E-state index contributed by atoms with van der Waals surface area (Å²) in [5.41, 5.74) is 2.24. The maximum Gasteiger partial charge on any atom is 0.123 e. The Bertz CT molecular complexity index is 361. The van der Waals surface area contributed by atoms with Crippen LogP contribution in [0.4, 0.5) is 4.39 Å². The second-order valence-corrected chi connectivity index (χ2v) is 5.98. The molecule has 0 radical (unpaired) electrons. The normalized spacial score (nSPS) is 17.3. The van der Waals surface area contributed by atoms with Crippen LogP contribution < -0.4 is 5.32 Å². The Morgan fingerprint density at radius 3 is 2.82 bits per heavy atom. The van der Waals surface area contributed by atoms with Gasteiger partial charge in [0.05, 0.1) is 0 Å². The molecule has 1 aromatic carbocycles. The number of aryl methyl sites for hydroxylation is 1. The molecule has 1 saturated heterocycles. The van der Waals surface area contributed by atoms with Gasteiger partial charge in [0, 0.05) is 6.54 Å². The Morgan fingerprint density at radius 2 is 2.12 bits per heavy atom. The highest BCUT2D eigenvalue weighted by atomic mass is 32.2. The molecule has 0 saturated carbocycles. The largest absolute Gasteiger partial charge is 0.312 e. The fraction of sp³-hybridized carbons (Fsp3) is 0.571. The van der Waals surface area contributed by atoms with Crippen molar-refractivity contribution in [3.05, 3.63) is 35.1 Å². The Balaban J connectivity index is 1.77. The van der Waals surface area contributed by atoms with Crippen molar-refractivity contribution in [3.63, 3.8) is 0 Å². The molecule has 3 heteroatoms. The van der Waals surface area contributed by atoms with Crippen molar-refractivity contribution in [2.45, 2.75) is 26.3 Å². The lowest BCUT2D eigenvalue weighted by Crippen LogP contribution is -2.25. The van der Waals surface area contributed by atoms with E-state index in [0.717, 1.165) is 24.6 Å². The maximum atomic E-state index is 12.9. The van der Waals surface area contributed by atoms with Gasteiger partial charge >= 0.3 is 0 Å². The predicted molar refractivity (Wildman–Crippen MR) is 72.9 cm³/mol. The van der Waals surface area contributed by atoms with Gasteiger partial charge in [0.1, 0.15) is 5.82 Å². The molecule has 1 N–H and O–H groups in total. The second-order valence-electron chi connectivity index (χ2n) is 4.76. The standard InChI is InChI=1S/C14H20FNS/c1-11-8-14(15)3-2-13(11)10-16-9-12-4-6-17-7-5-12/h2-3,8,12,16H,4-7,9-10H2,1H3. The van der Waals surface area contributed by atoms with E-state index in [-0.39, 0.29) is 5.82 Å². The Hall–Kier alpha value is -0.540. The molecule has 0 amide bonds. The van der Waals surface area contributed by atoms with Crippen molar-refractivity contribution >= 4 is 11.8 Å². The van der Waals surface area contributed by atoms with E-state index in [0.29, 0.717) is 0 Å². The van der Waals surface area contributed by atoms with Gasteiger partial charge in [-0.2, -0.15) is 11.8 Å². The van der Waals surface area contributed by atoms with Crippen LogP contribution in [0.25, 0.3) is 0 Å². The Labute approximate surface area is 107 Å². The summed E-state index contributed by atoms with van der Waals surface area (Å²) >= 11 is 2.06. The molecule has 1 fully saturated rings.